The minimum absolute atomic E-state index is 0.0878. The molecule has 0 aliphatic heterocycles. The van der Waals surface area contributed by atoms with E-state index in [0.717, 1.165) is 32.1 Å². The summed E-state index contributed by atoms with van der Waals surface area (Å²) in [5.41, 5.74) is 0.0878. The number of rotatable bonds is 10. The standard InChI is InChI=1S/C16H32O2S/c1-5-6-7-10-14(19)11-8-9-13(15(17)18)12-16(2,3)4/h13-14,19H,5-12H2,1-4H3,(H,17,18). The second-order valence-corrected chi connectivity index (χ2v) is 7.61. The number of carbonyl (C=O) groups is 1. The van der Waals surface area contributed by atoms with Gasteiger partial charge in [0, 0.05) is 5.25 Å². The summed E-state index contributed by atoms with van der Waals surface area (Å²) in [6.45, 7) is 8.52. The van der Waals surface area contributed by atoms with Gasteiger partial charge in [-0.2, -0.15) is 12.6 Å². The van der Waals surface area contributed by atoms with Gasteiger partial charge in [0.2, 0.25) is 0 Å². The zero-order valence-corrected chi connectivity index (χ0v) is 14.0. The van der Waals surface area contributed by atoms with Gasteiger partial charge in [-0.25, -0.2) is 0 Å². The first-order valence-corrected chi connectivity index (χ1v) is 8.18. The second kappa shape index (κ2) is 9.68. The molecular formula is C16H32O2S. The minimum Gasteiger partial charge on any atom is -0.481 e. The van der Waals surface area contributed by atoms with Crippen LogP contribution in [0.1, 0.15) is 79.1 Å². The van der Waals surface area contributed by atoms with E-state index >= 15 is 0 Å². The number of hydrogen-bond donors (Lipinski definition) is 2. The summed E-state index contributed by atoms with van der Waals surface area (Å²) >= 11 is 4.60. The van der Waals surface area contributed by atoms with Crippen molar-refractivity contribution in [1.29, 1.82) is 0 Å². The molecule has 2 nitrogen and oxygen atoms in total. The zero-order chi connectivity index (χ0) is 14.9. The Labute approximate surface area is 124 Å². The average Bonchev–Trinajstić information content (AvgIpc) is 2.26. The van der Waals surface area contributed by atoms with Gasteiger partial charge in [-0.05, 0) is 31.1 Å². The number of aliphatic carboxylic acids is 1. The van der Waals surface area contributed by atoms with Gasteiger partial charge in [-0.15, -0.1) is 0 Å². The number of carboxylic acid groups (broad SMARTS) is 1. The van der Waals surface area contributed by atoms with Crippen LogP contribution in [0.15, 0.2) is 0 Å². The van der Waals surface area contributed by atoms with Crippen LogP contribution in [0.25, 0.3) is 0 Å². The fraction of sp³-hybridized carbons (Fsp3) is 0.938. The van der Waals surface area contributed by atoms with E-state index < -0.39 is 5.97 Å². The molecule has 0 radical (unpaired) electrons. The molecule has 0 aliphatic carbocycles. The molecule has 0 saturated carbocycles. The molecule has 19 heavy (non-hydrogen) atoms. The van der Waals surface area contributed by atoms with E-state index in [9.17, 15) is 9.90 Å². The van der Waals surface area contributed by atoms with Crippen molar-refractivity contribution in [3.63, 3.8) is 0 Å². The molecule has 0 bridgehead atoms. The van der Waals surface area contributed by atoms with Crippen molar-refractivity contribution in [1.82, 2.24) is 0 Å². The second-order valence-electron chi connectivity index (χ2n) is 6.88. The smallest absolute Gasteiger partial charge is 0.306 e. The van der Waals surface area contributed by atoms with Crippen LogP contribution in [-0.2, 0) is 4.79 Å². The van der Waals surface area contributed by atoms with Crippen LogP contribution in [0.3, 0.4) is 0 Å². The lowest BCUT2D eigenvalue weighted by atomic mass is 9.82. The first kappa shape index (κ1) is 18.8. The lowest BCUT2D eigenvalue weighted by Gasteiger charge is -2.23. The topological polar surface area (TPSA) is 37.3 Å². The van der Waals surface area contributed by atoms with Gasteiger partial charge in [0.25, 0.3) is 0 Å². The van der Waals surface area contributed by atoms with Crippen LogP contribution in [-0.4, -0.2) is 16.3 Å². The molecular weight excluding hydrogens is 256 g/mol. The van der Waals surface area contributed by atoms with Crippen LogP contribution in [0, 0.1) is 11.3 Å². The largest absolute Gasteiger partial charge is 0.481 e. The van der Waals surface area contributed by atoms with E-state index in [4.69, 9.17) is 0 Å². The Hall–Kier alpha value is -0.180. The normalized spacial score (nSPS) is 15.2. The molecule has 0 aromatic carbocycles. The molecule has 0 aliphatic rings. The number of thiol groups is 1. The van der Waals surface area contributed by atoms with Crippen molar-refractivity contribution < 1.29 is 9.90 Å². The van der Waals surface area contributed by atoms with E-state index in [2.05, 4.69) is 40.3 Å². The van der Waals surface area contributed by atoms with Crippen LogP contribution >= 0.6 is 12.6 Å². The summed E-state index contributed by atoms with van der Waals surface area (Å²) in [4.78, 5) is 11.2. The van der Waals surface area contributed by atoms with E-state index in [-0.39, 0.29) is 11.3 Å². The maximum Gasteiger partial charge on any atom is 0.306 e. The van der Waals surface area contributed by atoms with Crippen LogP contribution in [0.4, 0.5) is 0 Å². The Morgan fingerprint density at radius 1 is 1.11 bits per heavy atom. The number of unbranched alkanes of at least 4 members (excludes halogenated alkanes) is 2. The molecule has 3 heteroatoms. The summed E-state index contributed by atoms with van der Waals surface area (Å²) in [6.07, 6.45) is 8.50. The highest BCUT2D eigenvalue weighted by atomic mass is 32.1. The van der Waals surface area contributed by atoms with Gasteiger partial charge in [0.05, 0.1) is 5.92 Å². The molecule has 2 atom stereocenters. The van der Waals surface area contributed by atoms with E-state index in [0.29, 0.717) is 5.25 Å². The van der Waals surface area contributed by atoms with Gasteiger partial charge in [0.15, 0.2) is 0 Å². The fourth-order valence-corrected chi connectivity index (χ4v) is 2.79. The van der Waals surface area contributed by atoms with E-state index in [1.807, 2.05) is 0 Å². The quantitative estimate of drug-likeness (QED) is 0.430. The third kappa shape index (κ3) is 11.4. The van der Waals surface area contributed by atoms with Gasteiger partial charge in [-0.3, -0.25) is 4.79 Å². The highest BCUT2D eigenvalue weighted by Gasteiger charge is 2.24. The predicted molar refractivity (Wildman–Crippen MR) is 86.0 cm³/mol. The third-order valence-corrected chi connectivity index (χ3v) is 3.96. The maximum absolute atomic E-state index is 11.2. The Kier molecular flexibility index (Phi) is 9.59. The van der Waals surface area contributed by atoms with Crippen molar-refractivity contribution in [3.8, 4) is 0 Å². The summed E-state index contributed by atoms with van der Waals surface area (Å²) in [5.74, 6) is -0.840. The molecule has 0 aromatic rings. The van der Waals surface area contributed by atoms with Gasteiger partial charge in [0.1, 0.15) is 0 Å². The average molecular weight is 288 g/mol. The first-order valence-electron chi connectivity index (χ1n) is 7.67. The van der Waals surface area contributed by atoms with Crippen LogP contribution in [0.2, 0.25) is 0 Å². The molecule has 0 fully saturated rings. The first-order chi connectivity index (χ1) is 8.76. The van der Waals surface area contributed by atoms with Crippen molar-refractivity contribution in [2.24, 2.45) is 11.3 Å². The Morgan fingerprint density at radius 2 is 1.68 bits per heavy atom. The van der Waals surface area contributed by atoms with Gasteiger partial charge >= 0.3 is 5.97 Å². The summed E-state index contributed by atoms with van der Waals surface area (Å²) in [5, 5.41) is 9.70. The zero-order valence-electron chi connectivity index (χ0n) is 13.1. The molecule has 0 amide bonds. The lowest BCUT2D eigenvalue weighted by Crippen LogP contribution is -2.21. The SMILES string of the molecule is CCCCCC(S)CCCC(CC(C)(C)C)C(=O)O. The maximum atomic E-state index is 11.2. The Morgan fingerprint density at radius 3 is 2.16 bits per heavy atom. The van der Waals surface area contributed by atoms with Gasteiger partial charge in [-0.1, -0.05) is 53.4 Å². The summed E-state index contributed by atoms with van der Waals surface area (Å²) in [7, 11) is 0. The molecule has 114 valence electrons. The van der Waals surface area contributed by atoms with E-state index in [1.165, 1.54) is 19.3 Å². The third-order valence-electron chi connectivity index (χ3n) is 3.44. The van der Waals surface area contributed by atoms with Crippen LogP contribution < -0.4 is 0 Å². The number of carboxylic acids is 1. The Balaban J connectivity index is 3.90. The predicted octanol–water partition coefficient (Wildman–Crippen LogP) is 5.17. The van der Waals surface area contributed by atoms with Crippen LogP contribution in [0.5, 0.6) is 0 Å². The lowest BCUT2D eigenvalue weighted by molar-refractivity contribution is -0.143. The fourth-order valence-electron chi connectivity index (χ4n) is 2.43. The molecule has 0 rings (SSSR count). The minimum atomic E-state index is -0.642. The molecule has 2 unspecified atom stereocenters. The monoisotopic (exact) mass is 288 g/mol. The molecule has 0 spiro atoms. The van der Waals surface area contributed by atoms with Gasteiger partial charge < -0.3 is 5.11 Å². The molecule has 0 heterocycles. The summed E-state index contributed by atoms with van der Waals surface area (Å²) in [6, 6.07) is 0. The number of hydrogen-bond acceptors (Lipinski definition) is 2. The van der Waals surface area contributed by atoms with Crippen molar-refractivity contribution in [2.75, 3.05) is 0 Å². The van der Waals surface area contributed by atoms with Crippen molar-refractivity contribution in [3.05, 3.63) is 0 Å². The highest BCUT2D eigenvalue weighted by molar-refractivity contribution is 7.80. The van der Waals surface area contributed by atoms with Crippen molar-refractivity contribution >= 4 is 18.6 Å². The van der Waals surface area contributed by atoms with E-state index in [1.54, 1.807) is 0 Å². The highest BCUT2D eigenvalue weighted by Crippen LogP contribution is 2.28. The molecule has 1 N–H and O–H groups in total. The molecule has 0 saturated heterocycles. The summed E-state index contributed by atoms with van der Waals surface area (Å²) < 4.78 is 0. The van der Waals surface area contributed by atoms with Crippen molar-refractivity contribution in [2.45, 2.75) is 84.3 Å². The Bertz CT molecular complexity index is 246. The molecule has 0 aromatic heterocycles.